The van der Waals surface area contributed by atoms with Gasteiger partial charge in [0.05, 0.1) is 3.70 Å². The summed E-state index contributed by atoms with van der Waals surface area (Å²) in [7, 11) is -1.01. The lowest BCUT2D eigenvalue weighted by Crippen LogP contribution is -2.22. The van der Waals surface area contributed by atoms with Gasteiger partial charge in [-0.25, -0.2) is 4.98 Å². The fraction of sp³-hybridized carbons (Fsp3) is 0.500. The summed E-state index contributed by atoms with van der Waals surface area (Å²) >= 11 is 2.34. The lowest BCUT2D eigenvalue weighted by molar-refractivity contribution is 0.0883. The van der Waals surface area contributed by atoms with Gasteiger partial charge in [-0.2, -0.15) is 0 Å². The van der Waals surface area contributed by atoms with E-state index in [1.165, 1.54) is 20.7 Å². The van der Waals surface area contributed by atoms with E-state index in [-0.39, 0.29) is 0 Å². The van der Waals surface area contributed by atoms with Crippen LogP contribution in [0.1, 0.15) is 5.56 Å². The number of rotatable bonds is 5. The van der Waals surface area contributed by atoms with Crippen LogP contribution in [0, 0.1) is 10.6 Å². The molecule has 0 unspecified atom stereocenters. The van der Waals surface area contributed by atoms with Crippen molar-refractivity contribution in [3.05, 3.63) is 27.6 Å². The molecule has 0 radical (unpaired) electrons. The van der Waals surface area contributed by atoms with Crippen LogP contribution in [-0.4, -0.2) is 24.2 Å². The number of pyridine rings is 1. The Kier molecular flexibility index (Phi) is 4.68. The van der Waals surface area contributed by atoms with Crippen LogP contribution in [0.5, 0.6) is 0 Å². The second-order valence-corrected chi connectivity index (χ2v) is 12.9. The molecule has 0 spiro atoms. The molecule has 3 nitrogen and oxygen atoms in total. The molecular formula is C14H21IN2OSi. The third-order valence-electron chi connectivity index (χ3n) is 3.04. The molecule has 104 valence electrons. The third-order valence-corrected chi connectivity index (χ3v) is 5.63. The van der Waals surface area contributed by atoms with Gasteiger partial charge in [-0.15, -0.1) is 0 Å². The SMILES string of the molecule is Cc1cnc2c(c1)cc(I)n2COCC[Si](C)(C)C. The fourth-order valence-electron chi connectivity index (χ4n) is 1.88. The average Bonchev–Trinajstić information content (AvgIpc) is 2.58. The summed E-state index contributed by atoms with van der Waals surface area (Å²) < 4.78 is 9.14. The zero-order valence-corrected chi connectivity index (χ0v) is 15.2. The van der Waals surface area contributed by atoms with Gasteiger partial charge in [0.15, 0.2) is 0 Å². The van der Waals surface area contributed by atoms with Gasteiger partial charge in [-0.1, -0.05) is 19.6 Å². The lowest BCUT2D eigenvalue weighted by atomic mass is 10.2. The van der Waals surface area contributed by atoms with Crippen molar-refractivity contribution < 1.29 is 4.74 Å². The Hall–Kier alpha value is -0.403. The molecule has 2 aromatic heterocycles. The standard InChI is InChI=1S/C14H21IN2OSi/c1-11-7-12-8-13(15)17(14(12)16-9-11)10-18-5-6-19(2,3)4/h7-9H,5-6,10H2,1-4H3. The molecule has 0 fully saturated rings. The smallest absolute Gasteiger partial charge is 0.142 e. The highest BCUT2D eigenvalue weighted by atomic mass is 127. The van der Waals surface area contributed by atoms with Crippen molar-refractivity contribution in [2.45, 2.75) is 39.3 Å². The molecule has 0 aliphatic heterocycles. The van der Waals surface area contributed by atoms with E-state index in [1.807, 2.05) is 6.20 Å². The highest BCUT2D eigenvalue weighted by Gasteiger charge is 2.13. The van der Waals surface area contributed by atoms with Crippen molar-refractivity contribution in [1.82, 2.24) is 9.55 Å². The largest absolute Gasteiger partial charge is 0.361 e. The fourth-order valence-corrected chi connectivity index (χ4v) is 3.34. The van der Waals surface area contributed by atoms with Crippen molar-refractivity contribution in [3.63, 3.8) is 0 Å². The van der Waals surface area contributed by atoms with E-state index in [1.54, 1.807) is 0 Å². The zero-order chi connectivity index (χ0) is 14.0. The maximum absolute atomic E-state index is 5.83. The monoisotopic (exact) mass is 388 g/mol. The van der Waals surface area contributed by atoms with Crippen molar-refractivity contribution in [3.8, 4) is 0 Å². The highest BCUT2D eigenvalue weighted by Crippen LogP contribution is 2.20. The van der Waals surface area contributed by atoms with Gasteiger partial charge in [0.2, 0.25) is 0 Å². The second-order valence-electron chi connectivity index (χ2n) is 6.17. The Morgan fingerprint density at radius 1 is 1.32 bits per heavy atom. The number of aryl methyl sites for hydroxylation is 1. The van der Waals surface area contributed by atoms with Crippen LogP contribution < -0.4 is 0 Å². The minimum Gasteiger partial charge on any atom is -0.361 e. The molecule has 0 saturated carbocycles. The summed E-state index contributed by atoms with van der Waals surface area (Å²) in [5.74, 6) is 0. The molecule has 0 N–H and O–H groups in total. The summed E-state index contributed by atoms with van der Waals surface area (Å²) in [5, 5.41) is 1.19. The third kappa shape index (κ3) is 4.03. The Bertz CT molecular complexity index is 575. The van der Waals surface area contributed by atoms with Gasteiger partial charge in [-0.3, -0.25) is 4.57 Å². The predicted octanol–water partition coefficient (Wildman–Crippen LogP) is 4.26. The van der Waals surface area contributed by atoms with Gasteiger partial charge in [-0.05, 0) is 53.3 Å². The Morgan fingerprint density at radius 2 is 2.05 bits per heavy atom. The number of hydrogen-bond donors (Lipinski definition) is 0. The van der Waals surface area contributed by atoms with E-state index >= 15 is 0 Å². The summed E-state index contributed by atoms with van der Waals surface area (Å²) in [5.41, 5.74) is 2.21. The summed E-state index contributed by atoms with van der Waals surface area (Å²) in [4.78, 5) is 4.52. The summed E-state index contributed by atoms with van der Waals surface area (Å²) in [6.45, 7) is 10.6. The molecule has 19 heavy (non-hydrogen) atoms. The Labute approximate surface area is 129 Å². The van der Waals surface area contributed by atoms with Crippen LogP contribution in [0.15, 0.2) is 18.3 Å². The maximum Gasteiger partial charge on any atom is 0.142 e. The van der Waals surface area contributed by atoms with E-state index in [0.717, 1.165) is 12.3 Å². The first-order valence-electron chi connectivity index (χ1n) is 6.56. The maximum atomic E-state index is 5.83. The van der Waals surface area contributed by atoms with E-state index in [4.69, 9.17) is 4.74 Å². The van der Waals surface area contributed by atoms with Crippen LogP contribution in [0.2, 0.25) is 25.7 Å². The van der Waals surface area contributed by atoms with E-state index < -0.39 is 8.07 Å². The van der Waals surface area contributed by atoms with E-state index in [0.29, 0.717) is 6.73 Å². The molecule has 0 saturated heterocycles. The molecule has 5 heteroatoms. The number of halogens is 1. The number of ether oxygens (including phenoxy) is 1. The molecule has 0 aromatic carbocycles. The first kappa shape index (κ1) is 15.0. The molecule has 2 aromatic rings. The van der Waals surface area contributed by atoms with Gasteiger partial charge in [0.1, 0.15) is 12.4 Å². The molecule has 2 rings (SSSR count). The number of aromatic nitrogens is 2. The van der Waals surface area contributed by atoms with Crippen LogP contribution in [0.25, 0.3) is 11.0 Å². The first-order chi connectivity index (χ1) is 8.87. The van der Waals surface area contributed by atoms with Gasteiger partial charge in [0.25, 0.3) is 0 Å². The van der Waals surface area contributed by atoms with Crippen molar-refractivity contribution in [1.29, 1.82) is 0 Å². The molecule has 0 aliphatic rings. The second kappa shape index (κ2) is 5.93. The van der Waals surface area contributed by atoms with E-state index in [9.17, 15) is 0 Å². The van der Waals surface area contributed by atoms with Crippen molar-refractivity contribution in [2.24, 2.45) is 0 Å². The minimum atomic E-state index is -1.01. The number of nitrogens with zero attached hydrogens (tertiary/aromatic N) is 2. The topological polar surface area (TPSA) is 27.1 Å². The van der Waals surface area contributed by atoms with Crippen molar-refractivity contribution in [2.75, 3.05) is 6.61 Å². The quantitative estimate of drug-likeness (QED) is 0.435. The Morgan fingerprint density at radius 3 is 2.74 bits per heavy atom. The Balaban J connectivity index is 2.06. The molecule has 0 bridgehead atoms. The summed E-state index contributed by atoms with van der Waals surface area (Å²) in [6, 6.07) is 5.54. The molecule has 0 amide bonds. The minimum absolute atomic E-state index is 0.600. The zero-order valence-electron chi connectivity index (χ0n) is 12.0. The summed E-state index contributed by atoms with van der Waals surface area (Å²) in [6.07, 6.45) is 1.91. The molecule has 2 heterocycles. The molecular weight excluding hydrogens is 367 g/mol. The molecule has 0 aliphatic carbocycles. The highest BCUT2D eigenvalue weighted by molar-refractivity contribution is 14.1. The van der Waals surface area contributed by atoms with Crippen LogP contribution in [-0.2, 0) is 11.5 Å². The molecule has 0 atom stereocenters. The van der Waals surface area contributed by atoms with Gasteiger partial charge in [0, 0.05) is 26.3 Å². The van der Waals surface area contributed by atoms with Crippen molar-refractivity contribution >= 4 is 41.7 Å². The van der Waals surface area contributed by atoms with Gasteiger partial charge >= 0.3 is 0 Å². The predicted molar refractivity (Wildman–Crippen MR) is 91.3 cm³/mol. The average molecular weight is 388 g/mol. The first-order valence-corrected chi connectivity index (χ1v) is 11.3. The number of fused-ring (bicyclic) bond motifs is 1. The van der Waals surface area contributed by atoms with E-state index in [2.05, 4.69) is 70.8 Å². The van der Waals surface area contributed by atoms with Gasteiger partial charge < -0.3 is 4.74 Å². The normalized spacial score (nSPS) is 12.3. The lowest BCUT2D eigenvalue weighted by Gasteiger charge is -2.16. The van der Waals surface area contributed by atoms with Crippen LogP contribution >= 0.6 is 22.6 Å². The van der Waals surface area contributed by atoms with Crippen LogP contribution in [0.3, 0.4) is 0 Å². The number of hydrogen-bond acceptors (Lipinski definition) is 2. The van der Waals surface area contributed by atoms with Crippen LogP contribution in [0.4, 0.5) is 0 Å².